The number of carboxylic acid groups (broad SMARTS) is 1. The Morgan fingerprint density at radius 1 is 1.11 bits per heavy atom. The second-order valence-electron chi connectivity index (χ2n) is 9.20. The van der Waals surface area contributed by atoms with Crippen LogP contribution in [-0.2, 0) is 19.2 Å². The molecule has 0 saturated heterocycles. The third-order valence-corrected chi connectivity index (χ3v) is 7.18. The van der Waals surface area contributed by atoms with Crippen molar-refractivity contribution < 1.29 is 49.5 Å². The Labute approximate surface area is 203 Å². The van der Waals surface area contributed by atoms with Crippen LogP contribution < -0.4 is 11.1 Å². The molecule has 36 heavy (non-hydrogen) atoms. The number of aliphatic carboxylic acids is 1. The van der Waals surface area contributed by atoms with Crippen LogP contribution in [0.5, 0.6) is 5.75 Å². The van der Waals surface area contributed by atoms with Gasteiger partial charge in [-0.05, 0) is 17.5 Å². The number of aliphatic hydroxyl groups excluding tert-OH is 3. The van der Waals surface area contributed by atoms with Gasteiger partial charge in [0.25, 0.3) is 5.91 Å². The predicted molar refractivity (Wildman–Crippen MR) is 121 cm³/mol. The Balaban J connectivity index is 1.79. The van der Waals surface area contributed by atoms with E-state index in [9.17, 15) is 44.4 Å². The van der Waals surface area contributed by atoms with Crippen molar-refractivity contribution in [3.05, 3.63) is 45.9 Å². The number of anilines is 1. The van der Waals surface area contributed by atoms with Crippen LogP contribution in [0, 0.1) is 17.8 Å². The summed E-state index contributed by atoms with van der Waals surface area (Å²) in [5, 5.41) is 54.4. The van der Waals surface area contributed by atoms with Gasteiger partial charge in [0.05, 0.1) is 29.7 Å². The van der Waals surface area contributed by atoms with E-state index in [2.05, 4.69) is 5.32 Å². The molecule has 0 bridgehead atoms. The molecule has 0 saturated carbocycles. The van der Waals surface area contributed by atoms with Crippen LogP contribution in [-0.4, -0.2) is 61.0 Å². The molecule has 1 aromatic carbocycles. The molecule has 0 spiro atoms. The first kappa shape index (κ1) is 24.9. The highest BCUT2D eigenvalue weighted by molar-refractivity contribution is 6.22. The Kier molecular flexibility index (Phi) is 6.08. The van der Waals surface area contributed by atoms with Crippen LogP contribution in [0.4, 0.5) is 5.69 Å². The number of rotatable bonds is 5. The number of fused-ring (bicyclic) bond motifs is 3. The van der Waals surface area contributed by atoms with E-state index in [1.54, 1.807) is 6.92 Å². The molecule has 3 unspecified atom stereocenters. The molecule has 2 amide bonds. The Hall–Kier alpha value is -4.19. The lowest BCUT2D eigenvalue weighted by molar-refractivity contribution is -0.138. The average molecular weight is 500 g/mol. The summed E-state index contributed by atoms with van der Waals surface area (Å²) in [4.78, 5) is 61.0. The van der Waals surface area contributed by atoms with E-state index in [4.69, 9.17) is 10.8 Å². The number of carboxylic acids is 1. The van der Waals surface area contributed by atoms with Crippen molar-refractivity contribution in [1.82, 2.24) is 0 Å². The Morgan fingerprint density at radius 2 is 1.78 bits per heavy atom. The smallest absolute Gasteiger partial charge is 0.303 e. The number of hydrogen-bond donors (Lipinski definition) is 7. The van der Waals surface area contributed by atoms with E-state index in [-0.39, 0.29) is 29.7 Å². The van der Waals surface area contributed by atoms with Crippen LogP contribution >= 0.6 is 0 Å². The van der Waals surface area contributed by atoms with E-state index in [1.165, 1.54) is 12.1 Å². The Bertz CT molecular complexity index is 1290. The molecule has 0 fully saturated rings. The number of phenolic OH excluding ortho intramolecular Hbond substituents is 1. The SMILES string of the molecule is C[C@H]1c2ccc(NC(=O)CCC(=O)O)c(O)c2C(=O)C2=C(O)C3C(=O)C(C(N)=O)=C(O)CC3[C@@H](O)C21. The van der Waals surface area contributed by atoms with E-state index in [1.807, 2.05) is 0 Å². The van der Waals surface area contributed by atoms with Crippen molar-refractivity contribution in [2.75, 3.05) is 5.32 Å². The number of Topliss-reactive ketones (excluding diaryl/α,β-unsaturated/α-hetero) is 2. The lowest BCUT2D eigenvalue weighted by Gasteiger charge is -2.46. The summed E-state index contributed by atoms with van der Waals surface area (Å²) in [6.45, 7) is 1.65. The number of amides is 2. The van der Waals surface area contributed by atoms with Gasteiger partial charge in [-0.3, -0.25) is 24.0 Å². The van der Waals surface area contributed by atoms with Gasteiger partial charge in [0.1, 0.15) is 17.1 Å². The fraction of sp³-hybridized carbons (Fsp3) is 0.375. The van der Waals surface area contributed by atoms with Crippen LogP contribution in [0.15, 0.2) is 34.8 Å². The number of hydrogen-bond acceptors (Lipinski definition) is 9. The van der Waals surface area contributed by atoms with E-state index in [0.29, 0.717) is 5.56 Å². The summed E-state index contributed by atoms with van der Waals surface area (Å²) in [7, 11) is 0. The zero-order valence-electron chi connectivity index (χ0n) is 19.0. The van der Waals surface area contributed by atoms with Crippen molar-refractivity contribution in [2.24, 2.45) is 23.5 Å². The maximum atomic E-state index is 13.5. The van der Waals surface area contributed by atoms with Gasteiger partial charge in [-0.2, -0.15) is 0 Å². The second kappa shape index (κ2) is 8.79. The van der Waals surface area contributed by atoms with Crippen LogP contribution in [0.25, 0.3) is 0 Å². The van der Waals surface area contributed by atoms with Gasteiger partial charge in [0.2, 0.25) is 5.91 Å². The number of aliphatic hydroxyl groups is 3. The molecule has 0 aromatic heterocycles. The third-order valence-electron chi connectivity index (χ3n) is 7.18. The summed E-state index contributed by atoms with van der Waals surface area (Å²) < 4.78 is 0. The number of ketones is 2. The number of benzene rings is 1. The van der Waals surface area contributed by atoms with Crippen LogP contribution in [0.3, 0.4) is 0 Å². The molecule has 0 heterocycles. The van der Waals surface area contributed by atoms with Gasteiger partial charge in [-0.25, -0.2) is 0 Å². The number of carbonyl (C=O) groups excluding carboxylic acids is 4. The third kappa shape index (κ3) is 3.70. The quantitative estimate of drug-likeness (QED) is 0.222. The van der Waals surface area contributed by atoms with Crippen LogP contribution in [0.1, 0.15) is 48.0 Å². The minimum absolute atomic E-state index is 0.157. The highest BCUT2D eigenvalue weighted by Crippen LogP contribution is 2.54. The molecule has 5 atom stereocenters. The number of nitrogens with one attached hydrogen (secondary N) is 1. The first-order valence-electron chi connectivity index (χ1n) is 11.2. The largest absolute Gasteiger partial charge is 0.511 e. The summed E-state index contributed by atoms with van der Waals surface area (Å²) >= 11 is 0. The maximum absolute atomic E-state index is 13.5. The normalized spacial score (nSPS) is 27.2. The highest BCUT2D eigenvalue weighted by atomic mass is 16.4. The second-order valence-corrected chi connectivity index (χ2v) is 9.20. The topological polar surface area (TPSA) is 225 Å². The molecular weight excluding hydrogens is 476 g/mol. The first-order valence-corrected chi connectivity index (χ1v) is 11.2. The molecule has 0 aliphatic heterocycles. The zero-order chi connectivity index (χ0) is 26.6. The number of aromatic hydroxyl groups is 1. The summed E-state index contributed by atoms with van der Waals surface area (Å²) in [6.07, 6.45) is -2.50. The fourth-order valence-corrected chi connectivity index (χ4v) is 5.52. The van der Waals surface area contributed by atoms with E-state index >= 15 is 0 Å². The zero-order valence-corrected chi connectivity index (χ0v) is 19.0. The minimum atomic E-state index is -1.50. The molecule has 3 aliphatic carbocycles. The van der Waals surface area contributed by atoms with Gasteiger partial charge in [0.15, 0.2) is 17.3 Å². The highest BCUT2D eigenvalue weighted by Gasteiger charge is 2.56. The van der Waals surface area contributed by atoms with Crippen molar-refractivity contribution in [1.29, 1.82) is 0 Å². The van der Waals surface area contributed by atoms with Gasteiger partial charge in [0, 0.05) is 30.3 Å². The molecule has 0 radical (unpaired) electrons. The van der Waals surface area contributed by atoms with Gasteiger partial charge in [-0.15, -0.1) is 0 Å². The summed E-state index contributed by atoms with van der Waals surface area (Å²) in [5.74, 6) is -11.0. The molecule has 4 rings (SSSR count). The molecule has 8 N–H and O–H groups in total. The van der Waals surface area contributed by atoms with E-state index < -0.39 is 88.4 Å². The molecular formula is C24H24N2O10. The first-order chi connectivity index (χ1) is 16.9. The monoisotopic (exact) mass is 500 g/mol. The minimum Gasteiger partial charge on any atom is -0.511 e. The predicted octanol–water partition coefficient (Wildman–Crippen LogP) is 0.801. The summed E-state index contributed by atoms with van der Waals surface area (Å²) in [6, 6.07) is 2.80. The molecule has 3 aliphatic rings. The van der Waals surface area contributed by atoms with Crippen molar-refractivity contribution in [3.8, 4) is 5.75 Å². The summed E-state index contributed by atoms with van der Waals surface area (Å²) in [5.41, 5.74) is 4.09. The molecule has 190 valence electrons. The van der Waals surface area contributed by atoms with Crippen molar-refractivity contribution in [2.45, 2.75) is 38.2 Å². The van der Waals surface area contributed by atoms with Gasteiger partial charge in [-0.1, -0.05) is 13.0 Å². The Morgan fingerprint density at radius 3 is 2.39 bits per heavy atom. The molecule has 1 aromatic rings. The van der Waals surface area contributed by atoms with Gasteiger partial charge >= 0.3 is 5.97 Å². The lowest BCUT2D eigenvalue weighted by atomic mass is 9.58. The molecule has 12 heteroatoms. The van der Waals surface area contributed by atoms with Crippen molar-refractivity contribution >= 4 is 35.0 Å². The number of phenols is 1. The van der Waals surface area contributed by atoms with Crippen LogP contribution in [0.2, 0.25) is 0 Å². The standard InChI is InChI=1S/C24H24N2O10/c1-7-8-2-3-10(26-12(28)4-5-13(29)30)20(32)15(8)22(34)18-14(7)19(31)9-6-11(27)17(24(25)36)21(33)16(9)23(18)35/h2-3,7,9,14,16,19,27,31-32,35H,4-6H2,1H3,(H2,25,36)(H,26,28)(H,29,30)/t7-,9?,14?,16?,19+/m0/s1. The van der Waals surface area contributed by atoms with Gasteiger partial charge < -0.3 is 36.6 Å². The number of carbonyl (C=O) groups is 5. The average Bonchev–Trinajstić information content (AvgIpc) is 2.79. The van der Waals surface area contributed by atoms with E-state index in [0.717, 1.165) is 0 Å². The maximum Gasteiger partial charge on any atom is 0.303 e. The fourth-order valence-electron chi connectivity index (χ4n) is 5.52. The molecule has 12 nitrogen and oxygen atoms in total. The number of primary amides is 1. The van der Waals surface area contributed by atoms with Crippen molar-refractivity contribution in [3.63, 3.8) is 0 Å². The lowest BCUT2D eigenvalue weighted by Crippen LogP contribution is -2.51. The number of nitrogens with two attached hydrogens (primary N) is 1. The number of allylic oxidation sites excluding steroid dienone is 2.